The zero-order valence-corrected chi connectivity index (χ0v) is 13.5. The van der Waals surface area contributed by atoms with E-state index in [1.54, 1.807) is 18.2 Å². The fourth-order valence-electron chi connectivity index (χ4n) is 1.76. The van der Waals surface area contributed by atoms with E-state index >= 15 is 0 Å². The highest BCUT2D eigenvalue weighted by Crippen LogP contribution is 2.12. The number of nitrogens with zero attached hydrogens (tertiary/aromatic N) is 2. The lowest BCUT2D eigenvalue weighted by Gasteiger charge is -2.07. The van der Waals surface area contributed by atoms with Crippen LogP contribution in [-0.2, 0) is 10.0 Å². The zero-order valence-electron chi connectivity index (χ0n) is 12.7. The maximum absolute atomic E-state index is 12.1. The summed E-state index contributed by atoms with van der Waals surface area (Å²) in [6, 6.07) is 7.91. The first-order chi connectivity index (χ1) is 11.0. The quantitative estimate of drug-likeness (QED) is 0.752. The largest absolute Gasteiger partial charge is 0.352 e. The number of rotatable bonds is 7. The summed E-state index contributed by atoms with van der Waals surface area (Å²) in [6.07, 6.45) is 4.45. The predicted octanol–water partition coefficient (Wildman–Crippen LogP) is 1.81. The third-order valence-corrected chi connectivity index (χ3v) is 4.35. The van der Waals surface area contributed by atoms with Crippen molar-refractivity contribution in [2.75, 3.05) is 11.3 Å². The number of unbranched alkanes of at least 4 members (excludes halogenated alkanes) is 1. The molecule has 0 spiro atoms. The maximum atomic E-state index is 12.1. The Labute approximate surface area is 135 Å². The van der Waals surface area contributed by atoms with Crippen LogP contribution in [0.2, 0.25) is 0 Å². The molecule has 0 radical (unpaired) electrons. The number of carbonyl (C=O) groups excluding carboxylic acids is 1. The number of carbonyl (C=O) groups is 1. The summed E-state index contributed by atoms with van der Waals surface area (Å²) in [6.45, 7) is 2.61. The van der Waals surface area contributed by atoms with Gasteiger partial charge in [-0.15, -0.1) is 0 Å². The van der Waals surface area contributed by atoms with Gasteiger partial charge in [0.2, 0.25) is 5.95 Å². The van der Waals surface area contributed by atoms with Crippen LogP contribution in [0, 0.1) is 0 Å². The minimum atomic E-state index is -3.74. The van der Waals surface area contributed by atoms with Crippen LogP contribution in [0.1, 0.15) is 30.1 Å². The summed E-state index contributed by atoms with van der Waals surface area (Å²) in [5.41, 5.74) is 0.281. The zero-order chi connectivity index (χ0) is 16.7. The Morgan fingerprint density at radius 3 is 2.39 bits per heavy atom. The number of nitrogens with one attached hydrogen (secondary N) is 2. The third kappa shape index (κ3) is 4.75. The molecule has 122 valence electrons. The van der Waals surface area contributed by atoms with E-state index < -0.39 is 10.0 Å². The first kappa shape index (κ1) is 16.9. The van der Waals surface area contributed by atoms with Crippen molar-refractivity contribution in [1.29, 1.82) is 0 Å². The first-order valence-electron chi connectivity index (χ1n) is 7.21. The van der Waals surface area contributed by atoms with Gasteiger partial charge in [-0.05, 0) is 18.6 Å². The predicted molar refractivity (Wildman–Crippen MR) is 86.5 cm³/mol. The van der Waals surface area contributed by atoms with E-state index in [-0.39, 0.29) is 22.3 Å². The van der Waals surface area contributed by atoms with E-state index in [1.807, 2.05) is 6.92 Å². The molecule has 1 amide bonds. The van der Waals surface area contributed by atoms with Crippen LogP contribution in [0.4, 0.5) is 5.95 Å². The summed E-state index contributed by atoms with van der Waals surface area (Å²) in [5.74, 6) is -0.366. The Bertz CT molecular complexity index is 746. The van der Waals surface area contributed by atoms with Gasteiger partial charge in [-0.1, -0.05) is 31.5 Å². The molecule has 8 heteroatoms. The van der Waals surface area contributed by atoms with E-state index in [4.69, 9.17) is 0 Å². The lowest BCUT2D eigenvalue weighted by atomic mass is 10.3. The Balaban J connectivity index is 2.04. The second-order valence-electron chi connectivity index (χ2n) is 4.82. The van der Waals surface area contributed by atoms with Crippen LogP contribution in [0.3, 0.4) is 0 Å². The molecule has 1 heterocycles. The Hall–Kier alpha value is -2.48. The van der Waals surface area contributed by atoms with E-state index in [2.05, 4.69) is 20.0 Å². The SMILES string of the molecule is CCCCNC(=O)c1cnc(NS(=O)(=O)c2ccccc2)nc1. The monoisotopic (exact) mass is 334 g/mol. The molecular formula is C15H18N4O3S. The summed E-state index contributed by atoms with van der Waals surface area (Å²) < 4.78 is 26.5. The smallest absolute Gasteiger partial charge is 0.264 e. The van der Waals surface area contributed by atoms with Crippen molar-refractivity contribution in [3.05, 3.63) is 48.3 Å². The van der Waals surface area contributed by atoms with Gasteiger partial charge >= 0.3 is 0 Å². The molecule has 2 rings (SSSR count). The number of hydrogen-bond donors (Lipinski definition) is 2. The van der Waals surface area contributed by atoms with Gasteiger partial charge in [0.25, 0.3) is 15.9 Å². The molecule has 2 aromatic rings. The molecule has 1 aromatic carbocycles. The minimum absolute atomic E-state index is 0.0843. The normalized spacial score (nSPS) is 11.0. The van der Waals surface area contributed by atoms with Crippen molar-refractivity contribution in [3.8, 4) is 0 Å². The molecule has 0 fully saturated rings. The molecule has 2 N–H and O–H groups in total. The third-order valence-electron chi connectivity index (χ3n) is 3.01. The molecular weight excluding hydrogens is 316 g/mol. The summed E-state index contributed by atoms with van der Waals surface area (Å²) in [7, 11) is -3.74. The summed E-state index contributed by atoms with van der Waals surface area (Å²) >= 11 is 0. The molecule has 0 saturated carbocycles. The highest BCUT2D eigenvalue weighted by atomic mass is 32.2. The topological polar surface area (TPSA) is 101 Å². The molecule has 23 heavy (non-hydrogen) atoms. The molecule has 0 bridgehead atoms. The van der Waals surface area contributed by atoms with E-state index in [1.165, 1.54) is 24.5 Å². The average Bonchev–Trinajstić information content (AvgIpc) is 2.56. The van der Waals surface area contributed by atoms with Crippen molar-refractivity contribution in [2.24, 2.45) is 0 Å². The highest BCUT2D eigenvalue weighted by Gasteiger charge is 2.15. The van der Waals surface area contributed by atoms with E-state index in [0.717, 1.165) is 12.8 Å². The standard InChI is InChI=1S/C15H18N4O3S/c1-2-3-9-16-14(20)12-10-17-15(18-11-12)19-23(21,22)13-7-5-4-6-8-13/h4-8,10-11H,2-3,9H2,1H3,(H,16,20)(H,17,18,19). The molecule has 1 aromatic heterocycles. The summed E-state index contributed by atoms with van der Waals surface area (Å²) in [4.78, 5) is 19.7. The lowest BCUT2D eigenvalue weighted by molar-refractivity contribution is 0.0952. The molecule has 0 atom stereocenters. The van der Waals surface area contributed by atoms with Crippen LogP contribution in [0.5, 0.6) is 0 Å². The molecule has 0 aliphatic rings. The van der Waals surface area contributed by atoms with Gasteiger partial charge in [-0.25, -0.2) is 23.1 Å². The van der Waals surface area contributed by atoms with Crippen LogP contribution in [-0.4, -0.2) is 30.8 Å². The van der Waals surface area contributed by atoms with Gasteiger partial charge in [0.1, 0.15) is 0 Å². The van der Waals surface area contributed by atoms with Crippen LogP contribution in [0.15, 0.2) is 47.6 Å². The average molecular weight is 334 g/mol. The number of amides is 1. The maximum Gasteiger partial charge on any atom is 0.264 e. The van der Waals surface area contributed by atoms with Crippen molar-refractivity contribution in [3.63, 3.8) is 0 Å². The molecule has 7 nitrogen and oxygen atoms in total. The van der Waals surface area contributed by atoms with E-state index in [9.17, 15) is 13.2 Å². The second-order valence-corrected chi connectivity index (χ2v) is 6.51. The van der Waals surface area contributed by atoms with Gasteiger partial charge in [0.05, 0.1) is 10.5 Å². The van der Waals surface area contributed by atoms with E-state index in [0.29, 0.717) is 6.54 Å². The molecule has 0 aliphatic heterocycles. The fraction of sp³-hybridized carbons (Fsp3) is 0.267. The lowest BCUT2D eigenvalue weighted by Crippen LogP contribution is -2.24. The molecule has 0 saturated heterocycles. The van der Waals surface area contributed by atoms with Crippen LogP contribution >= 0.6 is 0 Å². The Kier molecular flexibility index (Phi) is 5.64. The number of aromatic nitrogens is 2. The van der Waals surface area contributed by atoms with Gasteiger partial charge in [-0.3, -0.25) is 4.79 Å². The number of benzene rings is 1. The van der Waals surface area contributed by atoms with Crippen LogP contribution in [0.25, 0.3) is 0 Å². The molecule has 0 aliphatic carbocycles. The van der Waals surface area contributed by atoms with Crippen LogP contribution < -0.4 is 10.0 Å². The van der Waals surface area contributed by atoms with Gasteiger partial charge < -0.3 is 5.32 Å². The highest BCUT2D eigenvalue weighted by molar-refractivity contribution is 7.92. The minimum Gasteiger partial charge on any atom is -0.352 e. The summed E-state index contributed by atoms with van der Waals surface area (Å²) in [5, 5.41) is 2.74. The van der Waals surface area contributed by atoms with Crippen molar-refractivity contribution in [1.82, 2.24) is 15.3 Å². The number of anilines is 1. The molecule has 0 unspecified atom stereocenters. The second kappa shape index (κ2) is 7.68. The van der Waals surface area contributed by atoms with Crippen molar-refractivity contribution in [2.45, 2.75) is 24.7 Å². The van der Waals surface area contributed by atoms with Gasteiger partial charge in [0, 0.05) is 18.9 Å². The number of hydrogen-bond acceptors (Lipinski definition) is 5. The Morgan fingerprint density at radius 2 is 1.78 bits per heavy atom. The first-order valence-corrected chi connectivity index (χ1v) is 8.69. The fourth-order valence-corrected chi connectivity index (χ4v) is 2.74. The van der Waals surface area contributed by atoms with Crippen molar-refractivity contribution < 1.29 is 13.2 Å². The van der Waals surface area contributed by atoms with Crippen molar-refractivity contribution >= 4 is 21.9 Å². The number of sulfonamides is 1. The Morgan fingerprint density at radius 1 is 1.13 bits per heavy atom. The van der Waals surface area contributed by atoms with Gasteiger partial charge in [-0.2, -0.15) is 0 Å². The van der Waals surface area contributed by atoms with Gasteiger partial charge in [0.15, 0.2) is 0 Å².